The molecule has 25 heavy (non-hydrogen) atoms. The van der Waals surface area contributed by atoms with E-state index in [-0.39, 0.29) is 0 Å². The van der Waals surface area contributed by atoms with Crippen LogP contribution in [0, 0.1) is 0 Å². The number of aromatic nitrogens is 2. The molecule has 2 aliphatic rings. The van der Waals surface area contributed by atoms with E-state index in [9.17, 15) is 0 Å². The summed E-state index contributed by atoms with van der Waals surface area (Å²) in [6.45, 7) is 2.17. The predicted octanol–water partition coefficient (Wildman–Crippen LogP) is 4.12. The largest absolute Gasteiger partial charge is 0.486 e. The third kappa shape index (κ3) is 2.57. The van der Waals surface area contributed by atoms with Gasteiger partial charge in [-0.1, -0.05) is 0 Å². The first-order valence-corrected chi connectivity index (χ1v) is 9.63. The number of hydrogen-bond donors (Lipinski definition) is 1. The van der Waals surface area contributed by atoms with Gasteiger partial charge in [0.25, 0.3) is 0 Å². The number of rotatable bonds is 2. The molecule has 4 heterocycles. The van der Waals surface area contributed by atoms with Crippen LogP contribution < -0.4 is 14.8 Å². The number of nitrogens with one attached hydrogen (secondary N) is 1. The summed E-state index contributed by atoms with van der Waals surface area (Å²) in [5.41, 5.74) is 4.59. The monoisotopic (exact) mass is 353 g/mol. The van der Waals surface area contributed by atoms with Gasteiger partial charge in [-0.2, -0.15) is 16.4 Å². The van der Waals surface area contributed by atoms with Gasteiger partial charge < -0.3 is 14.8 Å². The van der Waals surface area contributed by atoms with Gasteiger partial charge in [0.05, 0.1) is 11.4 Å². The first-order chi connectivity index (χ1) is 12.4. The average Bonchev–Trinajstić information content (AvgIpc) is 3.23. The highest BCUT2D eigenvalue weighted by atomic mass is 32.1. The van der Waals surface area contributed by atoms with Crippen molar-refractivity contribution in [3.63, 3.8) is 0 Å². The Balaban J connectivity index is 1.66. The van der Waals surface area contributed by atoms with Crippen LogP contribution in [0.2, 0.25) is 0 Å². The van der Waals surface area contributed by atoms with E-state index in [0.717, 1.165) is 41.7 Å². The number of benzene rings is 1. The van der Waals surface area contributed by atoms with Crippen molar-refractivity contribution in [3.8, 4) is 28.4 Å². The topological polar surface area (TPSA) is 48.3 Å². The molecule has 0 bridgehead atoms. The zero-order chi connectivity index (χ0) is 16.6. The van der Waals surface area contributed by atoms with Crippen LogP contribution in [-0.4, -0.2) is 29.5 Å². The Morgan fingerprint density at radius 2 is 2.00 bits per heavy atom. The van der Waals surface area contributed by atoms with Gasteiger partial charge in [-0.3, -0.25) is 0 Å². The van der Waals surface area contributed by atoms with Crippen molar-refractivity contribution in [2.45, 2.75) is 19.3 Å². The number of ether oxygens (including phenoxy) is 2. The van der Waals surface area contributed by atoms with E-state index < -0.39 is 0 Å². The summed E-state index contributed by atoms with van der Waals surface area (Å²) >= 11 is 1.71. The molecule has 2 aliphatic heterocycles. The standard InChI is InChI=1S/C19H19N3O2S/c1-2-7-20-19-15(3-1)18(13-6-10-25-12-13)21-22(19)14-4-5-16-17(11-14)24-9-8-23-16/h4-6,10-12,20H,1-3,7-9H2. The van der Waals surface area contributed by atoms with Crippen molar-refractivity contribution < 1.29 is 9.47 Å². The molecule has 0 saturated carbocycles. The molecule has 1 aromatic carbocycles. The Labute approximate surface area is 150 Å². The molecule has 0 unspecified atom stereocenters. The maximum atomic E-state index is 5.75. The number of anilines is 1. The third-order valence-corrected chi connectivity index (χ3v) is 5.38. The summed E-state index contributed by atoms with van der Waals surface area (Å²) in [6.07, 6.45) is 3.42. The molecule has 1 N–H and O–H groups in total. The Morgan fingerprint density at radius 1 is 1.08 bits per heavy atom. The molecule has 0 radical (unpaired) electrons. The van der Waals surface area contributed by atoms with Gasteiger partial charge in [-0.15, -0.1) is 0 Å². The molecular formula is C19H19N3O2S. The second-order valence-electron chi connectivity index (χ2n) is 6.31. The molecule has 5 rings (SSSR count). The minimum absolute atomic E-state index is 0.589. The smallest absolute Gasteiger partial charge is 0.163 e. The van der Waals surface area contributed by atoms with Crippen LogP contribution in [-0.2, 0) is 6.42 Å². The van der Waals surface area contributed by atoms with E-state index in [1.54, 1.807) is 11.3 Å². The van der Waals surface area contributed by atoms with Crippen molar-refractivity contribution >= 4 is 17.2 Å². The highest BCUT2D eigenvalue weighted by Crippen LogP contribution is 2.37. The molecule has 2 aromatic heterocycles. The summed E-state index contributed by atoms with van der Waals surface area (Å²) in [5.74, 6) is 2.70. The van der Waals surface area contributed by atoms with Crippen LogP contribution in [0.4, 0.5) is 5.82 Å². The fourth-order valence-corrected chi connectivity index (χ4v) is 4.12. The molecule has 6 heteroatoms. The first-order valence-electron chi connectivity index (χ1n) is 8.68. The molecule has 0 amide bonds. The minimum atomic E-state index is 0.589. The van der Waals surface area contributed by atoms with Crippen LogP contribution in [0.25, 0.3) is 16.9 Å². The highest BCUT2D eigenvalue weighted by molar-refractivity contribution is 7.08. The number of thiophene rings is 1. The molecule has 0 fully saturated rings. The highest BCUT2D eigenvalue weighted by Gasteiger charge is 2.23. The zero-order valence-corrected chi connectivity index (χ0v) is 14.6. The summed E-state index contributed by atoms with van der Waals surface area (Å²) < 4.78 is 13.4. The molecule has 3 aromatic rings. The molecule has 0 aliphatic carbocycles. The van der Waals surface area contributed by atoms with Gasteiger partial charge in [-0.05, 0) is 42.8 Å². The summed E-state index contributed by atoms with van der Waals surface area (Å²) in [6, 6.07) is 8.18. The third-order valence-electron chi connectivity index (χ3n) is 4.69. The van der Waals surface area contributed by atoms with E-state index in [2.05, 4.69) is 22.1 Å². The Morgan fingerprint density at radius 3 is 2.88 bits per heavy atom. The molecule has 0 saturated heterocycles. The van der Waals surface area contributed by atoms with Crippen molar-refractivity contribution in [1.29, 1.82) is 0 Å². The van der Waals surface area contributed by atoms with Crippen LogP contribution in [0.5, 0.6) is 11.5 Å². The van der Waals surface area contributed by atoms with Crippen molar-refractivity contribution in [1.82, 2.24) is 9.78 Å². The molecule has 5 nitrogen and oxygen atoms in total. The van der Waals surface area contributed by atoms with Crippen LogP contribution in [0.1, 0.15) is 18.4 Å². The fourth-order valence-electron chi connectivity index (χ4n) is 3.48. The maximum Gasteiger partial charge on any atom is 0.163 e. The predicted molar refractivity (Wildman–Crippen MR) is 99.3 cm³/mol. The second kappa shape index (κ2) is 6.11. The normalized spacial score (nSPS) is 16.0. The van der Waals surface area contributed by atoms with Gasteiger partial charge in [-0.25, -0.2) is 4.68 Å². The number of nitrogens with zero attached hydrogens (tertiary/aromatic N) is 2. The van der Waals surface area contributed by atoms with Crippen molar-refractivity contribution in [2.24, 2.45) is 0 Å². The van der Waals surface area contributed by atoms with E-state index in [1.807, 2.05) is 22.9 Å². The van der Waals surface area contributed by atoms with Crippen LogP contribution in [0.3, 0.4) is 0 Å². The fraction of sp³-hybridized carbons (Fsp3) is 0.316. The summed E-state index contributed by atoms with van der Waals surface area (Å²) in [7, 11) is 0. The summed E-state index contributed by atoms with van der Waals surface area (Å²) in [4.78, 5) is 0. The summed E-state index contributed by atoms with van der Waals surface area (Å²) in [5, 5.41) is 12.8. The van der Waals surface area contributed by atoms with Crippen molar-refractivity contribution in [2.75, 3.05) is 25.1 Å². The first kappa shape index (κ1) is 14.8. The van der Waals surface area contributed by atoms with E-state index >= 15 is 0 Å². The SMILES string of the molecule is c1cc(-c2nn(-c3ccc4c(c3)OCCO4)c3c2CCCCN3)cs1. The average molecular weight is 353 g/mol. The molecule has 0 atom stereocenters. The molecular weight excluding hydrogens is 334 g/mol. The number of fused-ring (bicyclic) bond motifs is 2. The second-order valence-corrected chi connectivity index (χ2v) is 7.09. The Hall–Kier alpha value is -2.47. The number of hydrogen-bond acceptors (Lipinski definition) is 5. The van der Waals surface area contributed by atoms with Gasteiger partial charge in [0, 0.05) is 29.1 Å². The molecule has 0 spiro atoms. The maximum absolute atomic E-state index is 5.75. The lowest BCUT2D eigenvalue weighted by Crippen LogP contribution is -2.15. The van der Waals surface area contributed by atoms with Crippen LogP contribution in [0.15, 0.2) is 35.0 Å². The quantitative estimate of drug-likeness (QED) is 0.753. The Bertz CT molecular complexity index is 902. The van der Waals surface area contributed by atoms with Gasteiger partial charge in [0.2, 0.25) is 0 Å². The molecule has 128 valence electrons. The lowest BCUT2D eigenvalue weighted by Gasteiger charge is -2.19. The lowest BCUT2D eigenvalue weighted by molar-refractivity contribution is 0.171. The van der Waals surface area contributed by atoms with Gasteiger partial charge in [0.1, 0.15) is 19.0 Å². The van der Waals surface area contributed by atoms with E-state index in [4.69, 9.17) is 14.6 Å². The minimum Gasteiger partial charge on any atom is -0.486 e. The van der Waals surface area contributed by atoms with Crippen molar-refractivity contribution in [3.05, 3.63) is 40.6 Å². The zero-order valence-electron chi connectivity index (χ0n) is 13.8. The Kier molecular flexibility index (Phi) is 3.63. The van der Waals surface area contributed by atoms with Gasteiger partial charge in [0.15, 0.2) is 11.5 Å². The van der Waals surface area contributed by atoms with E-state index in [0.29, 0.717) is 13.2 Å². The van der Waals surface area contributed by atoms with Gasteiger partial charge >= 0.3 is 0 Å². The van der Waals surface area contributed by atoms with E-state index in [1.165, 1.54) is 24.0 Å². The lowest BCUT2D eigenvalue weighted by atomic mass is 10.1. The van der Waals surface area contributed by atoms with Crippen LogP contribution >= 0.6 is 11.3 Å².